The first-order chi connectivity index (χ1) is 5.31. The third kappa shape index (κ3) is 1.42. The molecule has 1 unspecified atom stereocenters. The van der Waals surface area contributed by atoms with Gasteiger partial charge in [-0.05, 0) is 30.3 Å². The fourth-order valence-corrected chi connectivity index (χ4v) is 3.13. The molecule has 0 saturated carbocycles. The molecule has 0 aliphatic carbocycles. The lowest BCUT2D eigenvalue weighted by atomic mass is 9.81. The molecule has 2 saturated heterocycles. The van der Waals surface area contributed by atoms with Crippen LogP contribution in [-0.4, -0.2) is 35.3 Å². The van der Waals surface area contributed by atoms with Crippen molar-refractivity contribution >= 4 is 11.8 Å². The lowest BCUT2D eigenvalue weighted by molar-refractivity contribution is -0.0572. The quantitative estimate of drug-likeness (QED) is 0.604. The van der Waals surface area contributed by atoms with Crippen LogP contribution in [0.4, 0.5) is 0 Å². The van der Waals surface area contributed by atoms with Gasteiger partial charge in [-0.3, -0.25) is 0 Å². The minimum absolute atomic E-state index is 0.340. The van der Waals surface area contributed by atoms with Crippen LogP contribution in [0.15, 0.2) is 0 Å². The van der Waals surface area contributed by atoms with E-state index >= 15 is 0 Å². The van der Waals surface area contributed by atoms with Gasteiger partial charge >= 0.3 is 0 Å². The second-order valence-electron chi connectivity index (χ2n) is 3.62. The fourth-order valence-electron chi connectivity index (χ4n) is 1.83. The highest BCUT2D eigenvalue weighted by molar-refractivity contribution is 7.99. The maximum absolute atomic E-state index is 9.96. The number of β-amino-alcohol motifs (C(OH)–C–C–N with tert-alkyl or cyclic N) is 1. The molecule has 0 aromatic rings. The van der Waals surface area contributed by atoms with E-state index in [2.05, 4.69) is 5.32 Å². The van der Waals surface area contributed by atoms with Gasteiger partial charge in [0.1, 0.15) is 0 Å². The molecule has 3 heteroatoms. The standard InChI is InChI=1S/C8H15NOS/c10-8(5-9-6-8)7-2-1-3-11-4-7/h7,9-10H,1-6H2. The van der Waals surface area contributed by atoms with Gasteiger partial charge < -0.3 is 10.4 Å². The Balaban J connectivity index is 1.91. The zero-order valence-corrected chi connectivity index (χ0v) is 7.49. The van der Waals surface area contributed by atoms with E-state index in [1.165, 1.54) is 18.6 Å². The average Bonchev–Trinajstić information content (AvgIpc) is 2.02. The predicted octanol–water partition coefficient (Wildman–Crippen LogP) is 0.464. The molecule has 2 aliphatic heterocycles. The Hall–Kier alpha value is 0.270. The highest BCUT2D eigenvalue weighted by atomic mass is 32.2. The van der Waals surface area contributed by atoms with Crippen molar-refractivity contribution < 1.29 is 5.11 Å². The zero-order chi connectivity index (χ0) is 7.73. The first kappa shape index (κ1) is 7.90. The highest BCUT2D eigenvalue weighted by Gasteiger charge is 2.42. The van der Waals surface area contributed by atoms with E-state index in [0.29, 0.717) is 5.92 Å². The largest absolute Gasteiger partial charge is 0.387 e. The van der Waals surface area contributed by atoms with Crippen LogP contribution in [0.2, 0.25) is 0 Å². The van der Waals surface area contributed by atoms with Crippen molar-refractivity contribution in [2.24, 2.45) is 5.92 Å². The Morgan fingerprint density at radius 2 is 2.27 bits per heavy atom. The van der Waals surface area contributed by atoms with Crippen molar-refractivity contribution in [1.29, 1.82) is 0 Å². The Labute approximate surface area is 71.7 Å². The van der Waals surface area contributed by atoms with Gasteiger partial charge in [0.05, 0.1) is 5.60 Å². The summed E-state index contributed by atoms with van der Waals surface area (Å²) in [5, 5.41) is 13.1. The van der Waals surface area contributed by atoms with Crippen LogP contribution < -0.4 is 5.32 Å². The summed E-state index contributed by atoms with van der Waals surface area (Å²) in [6.45, 7) is 1.64. The van der Waals surface area contributed by atoms with Crippen molar-refractivity contribution in [3.8, 4) is 0 Å². The molecular formula is C8H15NOS. The second kappa shape index (κ2) is 2.96. The average molecular weight is 173 g/mol. The summed E-state index contributed by atoms with van der Waals surface area (Å²) in [7, 11) is 0. The summed E-state index contributed by atoms with van der Waals surface area (Å²) in [5.74, 6) is 3.01. The van der Waals surface area contributed by atoms with E-state index < -0.39 is 0 Å². The minimum Gasteiger partial charge on any atom is -0.387 e. The van der Waals surface area contributed by atoms with E-state index in [0.717, 1.165) is 18.8 Å². The van der Waals surface area contributed by atoms with Crippen molar-refractivity contribution in [2.45, 2.75) is 18.4 Å². The van der Waals surface area contributed by atoms with E-state index in [4.69, 9.17) is 0 Å². The monoisotopic (exact) mass is 173 g/mol. The molecule has 1 atom stereocenters. The molecule has 11 heavy (non-hydrogen) atoms. The van der Waals surface area contributed by atoms with Crippen molar-refractivity contribution in [1.82, 2.24) is 5.32 Å². The maximum Gasteiger partial charge on any atom is 0.0930 e. The Morgan fingerprint density at radius 1 is 1.45 bits per heavy atom. The van der Waals surface area contributed by atoms with Crippen LogP contribution in [0.5, 0.6) is 0 Å². The predicted molar refractivity (Wildman–Crippen MR) is 47.9 cm³/mol. The Morgan fingerprint density at radius 3 is 2.73 bits per heavy atom. The maximum atomic E-state index is 9.96. The smallest absolute Gasteiger partial charge is 0.0930 e. The number of thioether (sulfide) groups is 1. The van der Waals surface area contributed by atoms with Crippen LogP contribution in [0.1, 0.15) is 12.8 Å². The molecule has 2 N–H and O–H groups in total. The molecule has 0 amide bonds. The second-order valence-corrected chi connectivity index (χ2v) is 4.77. The molecule has 0 bridgehead atoms. The summed E-state index contributed by atoms with van der Waals surface area (Å²) in [6, 6.07) is 0. The van der Waals surface area contributed by atoms with Gasteiger partial charge in [-0.15, -0.1) is 0 Å². The molecular weight excluding hydrogens is 158 g/mol. The van der Waals surface area contributed by atoms with E-state index in [9.17, 15) is 5.11 Å². The van der Waals surface area contributed by atoms with Crippen LogP contribution in [0, 0.1) is 5.92 Å². The summed E-state index contributed by atoms with van der Waals surface area (Å²) < 4.78 is 0. The molecule has 2 aliphatic rings. The van der Waals surface area contributed by atoms with Crippen LogP contribution in [-0.2, 0) is 0 Å². The summed E-state index contributed by atoms with van der Waals surface area (Å²) in [5.41, 5.74) is -0.340. The molecule has 2 nitrogen and oxygen atoms in total. The first-order valence-electron chi connectivity index (χ1n) is 4.32. The fraction of sp³-hybridized carbons (Fsp3) is 1.00. The first-order valence-corrected chi connectivity index (χ1v) is 5.48. The Kier molecular flexibility index (Phi) is 2.12. The van der Waals surface area contributed by atoms with Gasteiger partial charge in [-0.25, -0.2) is 0 Å². The number of hydrogen-bond donors (Lipinski definition) is 2. The minimum atomic E-state index is -0.340. The third-order valence-electron chi connectivity index (χ3n) is 2.78. The number of aliphatic hydroxyl groups is 1. The Bertz CT molecular complexity index is 141. The van der Waals surface area contributed by atoms with Gasteiger partial charge in [0.2, 0.25) is 0 Å². The molecule has 0 aromatic carbocycles. The van der Waals surface area contributed by atoms with Gasteiger partial charge in [-0.2, -0.15) is 11.8 Å². The molecule has 0 spiro atoms. The lowest BCUT2D eigenvalue weighted by Crippen LogP contribution is -2.64. The van der Waals surface area contributed by atoms with Gasteiger partial charge in [0.25, 0.3) is 0 Å². The molecule has 0 radical (unpaired) electrons. The van der Waals surface area contributed by atoms with Crippen LogP contribution >= 0.6 is 11.8 Å². The molecule has 2 rings (SSSR count). The number of hydrogen-bond acceptors (Lipinski definition) is 3. The zero-order valence-electron chi connectivity index (χ0n) is 6.68. The summed E-state index contributed by atoms with van der Waals surface area (Å²) in [6.07, 6.45) is 2.52. The SMILES string of the molecule is OC1(C2CCCSC2)CNC1. The van der Waals surface area contributed by atoms with Crippen LogP contribution in [0.3, 0.4) is 0 Å². The van der Waals surface area contributed by atoms with Gasteiger partial charge in [-0.1, -0.05) is 0 Å². The molecule has 64 valence electrons. The van der Waals surface area contributed by atoms with E-state index in [-0.39, 0.29) is 5.60 Å². The highest BCUT2D eigenvalue weighted by Crippen LogP contribution is 2.33. The van der Waals surface area contributed by atoms with Crippen molar-refractivity contribution in [3.63, 3.8) is 0 Å². The van der Waals surface area contributed by atoms with Crippen molar-refractivity contribution in [2.75, 3.05) is 24.6 Å². The summed E-state index contributed by atoms with van der Waals surface area (Å²) >= 11 is 1.99. The molecule has 0 aromatic heterocycles. The van der Waals surface area contributed by atoms with E-state index in [1.807, 2.05) is 11.8 Å². The normalized spacial score (nSPS) is 36.3. The molecule has 2 heterocycles. The van der Waals surface area contributed by atoms with Gasteiger partial charge in [0.15, 0.2) is 0 Å². The van der Waals surface area contributed by atoms with Crippen molar-refractivity contribution in [3.05, 3.63) is 0 Å². The van der Waals surface area contributed by atoms with Gasteiger partial charge in [0, 0.05) is 13.1 Å². The number of rotatable bonds is 1. The van der Waals surface area contributed by atoms with Crippen LogP contribution in [0.25, 0.3) is 0 Å². The topological polar surface area (TPSA) is 32.3 Å². The number of nitrogens with one attached hydrogen (secondary N) is 1. The molecule has 2 fully saturated rings. The lowest BCUT2D eigenvalue weighted by Gasteiger charge is -2.45. The summed E-state index contributed by atoms with van der Waals surface area (Å²) in [4.78, 5) is 0. The van der Waals surface area contributed by atoms with E-state index in [1.54, 1.807) is 0 Å². The third-order valence-corrected chi connectivity index (χ3v) is 4.00.